The number of rotatable bonds is 2. The first-order valence-electron chi connectivity index (χ1n) is 5.52. The van der Waals surface area contributed by atoms with Crippen molar-refractivity contribution in [1.29, 1.82) is 0 Å². The summed E-state index contributed by atoms with van der Waals surface area (Å²) in [6, 6.07) is 0. The first kappa shape index (κ1) is 14.1. The molecule has 1 aliphatic rings. The number of piperazine rings is 1. The van der Waals surface area contributed by atoms with E-state index in [2.05, 4.69) is 0 Å². The van der Waals surface area contributed by atoms with Crippen LogP contribution in [0.3, 0.4) is 0 Å². The molecule has 1 heterocycles. The second kappa shape index (κ2) is 5.57. The van der Waals surface area contributed by atoms with Gasteiger partial charge in [0.15, 0.2) is 0 Å². The number of hydrogen-bond acceptors (Lipinski definition) is 3. The van der Waals surface area contributed by atoms with Gasteiger partial charge in [-0.2, -0.15) is 13.2 Å². The molecule has 1 rings (SSSR count). The normalized spacial score (nSPS) is 18.6. The van der Waals surface area contributed by atoms with Gasteiger partial charge in [-0.3, -0.25) is 4.90 Å². The average Bonchev–Trinajstić information content (AvgIpc) is 2.15. The van der Waals surface area contributed by atoms with Crippen molar-refractivity contribution in [3.05, 3.63) is 0 Å². The van der Waals surface area contributed by atoms with Crippen LogP contribution in [0, 0.1) is 0 Å². The molecule has 4 nitrogen and oxygen atoms in total. The lowest BCUT2D eigenvalue weighted by molar-refractivity contribution is -0.148. The van der Waals surface area contributed by atoms with E-state index in [1.807, 2.05) is 0 Å². The zero-order valence-electron chi connectivity index (χ0n) is 9.96. The molecule has 1 aliphatic heterocycles. The van der Waals surface area contributed by atoms with E-state index < -0.39 is 18.8 Å². The Bertz CT molecular complexity index is 261. The van der Waals surface area contributed by atoms with Gasteiger partial charge in [-0.1, -0.05) is 0 Å². The highest BCUT2D eigenvalue weighted by Crippen LogP contribution is 2.17. The van der Waals surface area contributed by atoms with Crippen LogP contribution in [-0.4, -0.2) is 60.9 Å². The molecule has 0 N–H and O–H groups in total. The lowest BCUT2D eigenvalue weighted by atomic mass is 10.3. The van der Waals surface area contributed by atoms with Crippen LogP contribution in [0.15, 0.2) is 0 Å². The predicted octanol–water partition coefficient (Wildman–Crippen LogP) is 1.71. The van der Waals surface area contributed by atoms with E-state index in [9.17, 15) is 18.0 Å². The maximum Gasteiger partial charge on any atom is 0.410 e. The van der Waals surface area contributed by atoms with Gasteiger partial charge in [-0.25, -0.2) is 4.79 Å². The largest absolute Gasteiger partial charge is 0.447 e. The number of amides is 1. The number of hydrogen-bond donors (Lipinski definition) is 0. The van der Waals surface area contributed by atoms with Crippen molar-refractivity contribution in [3.8, 4) is 0 Å². The third-order valence-electron chi connectivity index (χ3n) is 2.37. The standard InChI is InChI=1S/C10H17F3N2O2/c1-8(2)17-9(16)15-5-3-14(4-6-15)7-10(11,12)13/h8H,3-7H2,1-2H3. The lowest BCUT2D eigenvalue weighted by Gasteiger charge is -2.34. The van der Waals surface area contributed by atoms with E-state index in [4.69, 9.17) is 4.74 Å². The van der Waals surface area contributed by atoms with E-state index in [0.717, 1.165) is 0 Å². The molecule has 100 valence electrons. The van der Waals surface area contributed by atoms with Gasteiger partial charge in [0.25, 0.3) is 0 Å². The zero-order chi connectivity index (χ0) is 13.1. The van der Waals surface area contributed by atoms with Gasteiger partial charge in [0.2, 0.25) is 0 Å². The van der Waals surface area contributed by atoms with E-state index >= 15 is 0 Å². The molecule has 0 spiro atoms. The van der Waals surface area contributed by atoms with Crippen molar-refractivity contribution in [2.45, 2.75) is 26.1 Å². The molecular weight excluding hydrogens is 237 g/mol. The number of nitrogens with zero attached hydrogens (tertiary/aromatic N) is 2. The highest BCUT2D eigenvalue weighted by atomic mass is 19.4. The second-order valence-electron chi connectivity index (χ2n) is 4.31. The molecule has 0 aromatic carbocycles. The van der Waals surface area contributed by atoms with Crippen LogP contribution < -0.4 is 0 Å². The molecule has 1 saturated heterocycles. The predicted molar refractivity (Wildman–Crippen MR) is 55.7 cm³/mol. The van der Waals surface area contributed by atoms with Gasteiger partial charge < -0.3 is 9.64 Å². The molecule has 0 aliphatic carbocycles. The summed E-state index contributed by atoms with van der Waals surface area (Å²) in [6.45, 7) is 3.57. The minimum atomic E-state index is -4.18. The fraction of sp³-hybridized carbons (Fsp3) is 0.900. The zero-order valence-corrected chi connectivity index (χ0v) is 9.96. The van der Waals surface area contributed by atoms with Crippen LogP contribution in [0.4, 0.5) is 18.0 Å². The third-order valence-corrected chi connectivity index (χ3v) is 2.37. The van der Waals surface area contributed by atoms with Crippen LogP contribution in [0.1, 0.15) is 13.8 Å². The SMILES string of the molecule is CC(C)OC(=O)N1CCN(CC(F)(F)F)CC1. The van der Waals surface area contributed by atoms with Crippen molar-refractivity contribution in [3.63, 3.8) is 0 Å². The van der Waals surface area contributed by atoms with Gasteiger partial charge in [0.1, 0.15) is 0 Å². The summed E-state index contributed by atoms with van der Waals surface area (Å²) < 4.78 is 41.3. The summed E-state index contributed by atoms with van der Waals surface area (Å²) in [5, 5.41) is 0. The molecule has 0 aromatic rings. The highest BCUT2D eigenvalue weighted by Gasteiger charge is 2.33. The quantitative estimate of drug-likeness (QED) is 0.752. The Morgan fingerprint density at radius 3 is 2.18 bits per heavy atom. The van der Waals surface area contributed by atoms with Crippen LogP contribution in [0.2, 0.25) is 0 Å². The van der Waals surface area contributed by atoms with E-state index in [-0.39, 0.29) is 32.3 Å². The first-order chi connectivity index (χ1) is 7.78. The number of alkyl halides is 3. The minimum absolute atomic E-state index is 0.212. The number of halogens is 3. The molecule has 7 heteroatoms. The van der Waals surface area contributed by atoms with Gasteiger partial charge in [-0.15, -0.1) is 0 Å². The molecule has 0 atom stereocenters. The second-order valence-corrected chi connectivity index (χ2v) is 4.31. The lowest BCUT2D eigenvalue weighted by Crippen LogP contribution is -2.51. The van der Waals surface area contributed by atoms with E-state index in [0.29, 0.717) is 0 Å². The number of carbonyl (C=O) groups excluding carboxylic acids is 1. The van der Waals surface area contributed by atoms with Crippen molar-refractivity contribution >= 4 is 6.09 Å². The Morgan fingerprint density at radius 2 is 1.76 bits per heavy atom. The molecular formula is C10H17F3N2O2. The van der Waals surface area contributed by atoms with Gasteiger partial charge >= 0.3 is 12.3 Å². The van der Waals surface area contributed by atoms with Crippen molar-refractivity contribution < 1.29 is 22.7 Å². The Hall–Kier alpha value is -0.980. The molecule has 0 bridgehead atoms. The number of ether oxygens (including phenoxy) is 1. The molecule has 1 fully saturated rings. The van der Waals surface area contributed by atoms with Crippen molar-refractivity contribution in [2.24, 2.45) is 0 Å². The summed E-state index contributed by atoms with van der Waals surface area (Å²) in [6.07, 6.45) is -4.84. The van der Waals surface area contributed by atoms with Crippen LogP contribution in [0.5, 0.6) is 0 Å². The summed E-state index contributed by atoms with van der Waals surface area (Å²) in [7, 11) is 0. The highest BCUT2D eigenvalue weighted by molar-refractivity contribution is 5.67. The van der Waals surface area contributed by atoms with Gasteiger partial charge in [-0.05, 0) is 13.8 Å². The summed E-state index contributed by atoms with van der Waals surface area (Å²) >= 11 is 0. The van der Waals surface area contributed by atoms with Gasteiger partial charge in [0, 0.05) is 26.2 Å². The average molecular weight is 254 g/mol. The molecule has 0 saturated carbocycles. The van der Waals surface area contributed by atoms with Gasteiger partial charge in [0.05, 0.1) is 12.6 Å². The Labute approximate surface area is 98.3 Å². The van der Waals surface area contributed by atoms with Crippen LogP contribution in [0.25, 0.3) is 0 Å². The van der Waals surface area contributed by atoms with E-state index in [1.54, 1.807) is 13.8 Å². The molecule has 0 unspecified atom stereocenters. The van der Waals surface area contributed by atoms with Crippen molar-refractivity contribution in [1.82, 2.24) is 9.80 Å². The molecule has 1 amide bonds. The topological polar surface area (TPSA) is 32.8 Å². The molecule has 0 radical (unpaired) electrons. The van der Waals surface area contributed by atoms with Crippen LogP contribution in [-0.2, 0) is 4.74 Å². The summed E-state index contributed by atoms with van der Waals surface area (Å²) in [4.78, 5) is 14.2. The fourth-order valence-corrected chi connectivity index (χ4v) is 1.62. The third kappa shape index (κ3) is 5.25. The Balaban J connectivity index is 2.33. The van der Waals surface area contributed by atoms with Crippen LogP contribution >= 0.6 is 0 Å². The minimum Gasteiger partial charge on any atom is -0.447 e. The maximum atomic E-state index is 12.1. The van der Waals surface area contributed by atoms with E-state index in [1.165, 1.54) is 9.80 Å². The Morgan fingerprint density at radius 1 is 1.24 bits per heavy atom. The Kier molecular flexibility index (Phi) is 4.62. The fourth-order valence-electron chi connectivity index (χ4n) is 1.62. The monoisotopic (exact) mass is 254 g/mol. The molecule has 0 aromatic heterocycles. The smallest absolute Gasteiger partial charge is 0.410 e. The first-order valence-corrected chi connectivity index (χ1v) is 5.52. The number of carbonyl (C=O) groups is 1. The van der Waals surface area contributed by atoms with Crippen molar-refractivity contribution in [2.75, 3.05) is 32.7 Å². The summed E-state index contributed by atoms with van der Waals surface area (Å²) in [5.74, 6) is 0. The molecule has 17 heavy (non-hydrogen) atoms. The maximum absolute atomic E-state index is 12.1. The summed E-state index contributed by atoms with van der Waals surface area (Å²) in [5.41, 5.74) is 0.